The van der Waals surface area contributed by atoms with E-state index < -0.39 is 6.03 Å². The second kappa shape index (κ2) is 5.11. The lowest BCUT2D eigenvalue weighted by atomic mass is 10.3. The third-order valence-electron chi connectivity index (χ3n) is 2.46. The van der Waals surface area contributed by atoms with E-state index in [2.05, 4.69) is 20.9 Å². The summed E-state index contributed by atoms with van der Waals surface area (Å²) in [6.07, 6.45) is 0. The number of carbonyl (C=O) groups is 1. The second-order valence-corrected chi connectivity index (χ2v) is 5.40. The molecule has 1 aromatic heterocycles. The number of hydrogen-bond acceptors (Lipinski definition) is 4. The maximum atomic E-state index is 11.3. The van der Waals surface area contributed by atoms with Crippen LogP contribution in [0.4, 0.5) is 9.93 Å². The van der Waals surface area contributed by atoms with Crippen LogP contribution in [0.15, 0.2) is 16.6 Å². The van der Waals surface area contributed by atoms with E-state index in [-0.39, 0.29) is 0 Å². The van der Waals surface area contributed by atoms with Crippen molar-refractivity contribution in [1.29, 1.82) is 0 Å². The van der Waals surface area contributed by atoms with Crippen molar-refractivity contribution in [2.24, 2.45) is 5.73 Å². The molecule has 7 heteroatoms. The maximum Gasteiger partial charge on any atom is 0.321 e. The molecule has 2 amide bonds. The van der Waals surface area contributed by atoms with Gasteiger partial charge >= 0.3 is 6.03 Å². The average Bonchev–Trinajstić information content (AvgIpc) is 2.70. The van der Waals surface area contributed by atoms with Gasteiger partial charge in [0.1, 0.15) is 5.75 Å². The van der Waals surface area contributed by atoms with Gasteiger partial charge in [0, 0.05) is 12.6 Å². The van der Waals surface area contributed by atoms with Gasteiger partial charge in [-0.2, -0.15) is 0 Å². The first-order valence-electron chi connectivity index (χ1n) is 5.27. The molecule has 1 heterocycles. The van der Waals surface area contributed by atoms with Gasteiger partial charge in [-0.3, -0.25) is 4.90 Å². The van der Waals surface area contributed by atoms with Crippen molar-refractivity contribution in [3.8, 4) is 5.75 Å². The zero-order valence-corrected chi connectivity index (χ0v) is 12.3. The Kier molecular flexibility index (Phi) is 3.72. The SMILES string of the molecule is CCN(C(N)=O)c1nc2cc(Br)c(OC)cc2s1. The number of thiazole rings is 1. The molecule has 0 unspecified atom stereocenters. The Morgan fingerprint density at radius 2 is 2.33 bits per heavy atom. The number of nitrogens with zero attached hydrogens (tertiary/aromatic N) is 2. The Morgan fingerprint density at radius 1 is 1.61 bits per heavy atom. The molecule has 0 bridgehead atoms. The molecule has 2 N–H and O–H groups in total. The summed E-state index contributed by atoms with van der Waals surface area (Å²) in [5.41, 5.74) is 6.11. The molecule has 18 heavy (non-hydrogen) atoms. The molecule has 1 aromatic carbocycles. The topological polar surface area (TPSA) is 68.5 Å². The number of amides is 2. The van der Waals surface area contributed by atoms with Crippen LogP contribution < -0.4 is 15.4 Å². The van der Waals surface area contributed by atoms with Crippen LogP contribution >= 0.6 is 27.3 Å². The minimum atomic E-state index is -0.498. The van der Waals surface area contributed by atoms with Crippen LogP contribution in [-0.4, -0.2) is 24.7 Å². The number of benzene rings is 1. The molecule has 0 radical (unpaired) electrons. The van der Waals surface area contributed by atoms with Gasteiger partial charge in [0.05, 0.1) is 21.8 Å². The van der Waals surface area contributed by atoms with E-state index in [9.17, 15) is 4.79 Å². The van der Waals surface area contributed by atoms with Crippen LogP contribution in [0, 0.1) is 0 Å². The van der Waals surface area contributed by atoms with Crippen LogP contribution in [-0.2, 0) is 0 Å². The van der Waals surface area contributed by atoms with E-state index in [1.807, 2.05) is 19.1 Å². The standard InChI is InChI=1S/C11H12BrN3O2S/c1-3-15(10(13)16)11-14-7-4-6(12)8(17-2)5-9(7)18-11/h4-5H,3H2,1-2H3,(H2,13,16). The van der Waals surface area contributed by atoms with E-state index in [1.165, 1.54) is 16.2 Å². The van der Waals surface area contributed by atoms with Crippen molar-refractivity contribution in [2.45, 2.75) is 6.92 Å². The molecule has 0 aliphatic heterocycles. The molecular weight excluding hydrogens is 318 g/mol. The highest BCUT2D eigenvalue weighted by Crippen LogP contribution is 2.35. The summed E-state index contributed by atoms with van der Waals surface area (Å²) in [5, 5.41) is 0.597. The Hall–Kier alpha value is -1.34. The van der Waals surface area contributed by atoms with Crippen molar-refractivity contribution < 1.29 is 9.53 Å². The lowest BCUT2D eigenvalue weighted by molar-refractivity contribution is 0.254. The maximum absolute atomic E-state index is 11.3. The van der Waals surface area contributed by atoms with Crippen molar-refractivity contribution in [1.82, 2.24) is 4.98 Å². The summed E-state index contributed by atoms with van der Waals surface area (Å²) in [4.78, 5) is 17.1. The smallest absolute Gasteiger partial charge is 0.321 e. The van der Waals surface area contributed by atoms with Gasteiger partial charge in [-0.05, 0) is 28.9 Å². The number of hydrogen-bond donors (Lipinski definition) is 1. The van der Waals surface area contributed by atoms with Gasteiger partial charge in [0.2, 0.25) is 0 Å². The second-order valence-electron chi connectivity index (χ2n) is 3.53. The largest absolute Gasteiger partial charge is 0.496 e. The number of nitrogens with two attached hydrogens (primary N) is 1. The Labute approximate surface area is 117 Å². The molecule has 0 fully saturated rings. The zero-order valence-electron chi connectivity index (χ0n) is 9.94. The summed E-state index contributed by atoms with van der Waals surface area (Å²) in [7, 11) is 1.61. The highest BCUT2D eigenvalue weighted by atomic mass is 79.9. The van der Waals surface area contributed by atoms with Gasteiger partial charge in [0.25, 0.3) is 0 Å². The molecular formula is C11H12BrN3O2S. The van der Waals surface area contributed by atoms with E-state index in [1.54, 1.807) is 7.11 Å². The predicted molar refractivity (Wildman–Crippen MR) is 76.5 cm³/mol. The zero-order chi connectivity index (χ0) is 13.3. The highest BCUT2D eigenvalue weighted by molar-refractivity contribution is 9.10. The third kappa shape index (κ3) is 2.28. The number of urea groups is 1. The lowest BCUT2D eigenvalue weighted by Gasteiger charge is -2.13. The summed E-state index contributed by atoms with van der Waals surface area (Å²) in [5.74, 6) is 0.736. The number of aromatic nitrogens is 1. The van der Waals surface area contributed by atoms with Gasteiger partial charge in [0.15, 0.2) is 5.13 Å². The minimum absolute atomic E-state index is 0.494. The fourth-order valence-corrected chi connectivity index (χ4v) is 3.11. The Balaban J connectivity index is 2.53. The molecule has 2 aromatic rings. The van der Waals surface area contributed by atoms with Crippen molar-refractivity contribution in [3.05, 3.63) is 16.6 Å². The first-order valence-corrected chi connectivity index (χ1v) is 6.88. The van der Waals surface area contributed by atoms with Crippen molar-refractivity contribution in [2.75, 3.05) is 18.6 Å². The Bertz CT molecular complexity index is 599. The third-order valence-corrected chi connectivity index (χ3v) is 4.12. The number of fused-ring (bicyclic) bond motifs is 1. The van der Waals surface area contributed by atoms with Gasteiger partial charge < -0.3 is 10.5 Å². The molecule has 0 aliphatic carbocycles. The molecule has 0 spiro atoms. The fourth-order valence-electron chi connectivity index (χ4n) is 1.57. The van der Waals surface area contributed by atoms with Gasteiger partial charge in [-0.15, -0.1) is 0 Å². The van der Waals surface area contributed by atoms with E-state index in [4.69, 9.17) is 10.5 Å². The summed E-state index contributed by atoms with van der Waals surface area (Å²) < 4.78 is 7.00. The Morgan fingerprint density at radius 3 is 2.89 bits per heavy atom. The molecule has 0 atom stereocenters. The highest BCUT2D eigenvalue weighted by Gasteiger charge is 2.16. The van der Waals surface area contributed by atoms with Crippen molar-refractivity contribution in [3.63, 3.8) is 0 Å². The molecule has 0 aliphatic rings. The molecule has 0 saturated heterocycles. The van der Waals surface area contributed by atoms with Crippen LogP contribution in [0.25, 0.3) is 10.2 Å². The summed E-state index contributed by atoms with van der Waals surface area (Å²) in [6.45, 7) is 2.35. The molecule has 5 nitrogen and oxygen atoms in total. The fraction of sp³-hybridized carbons (Fsp3) is 0.273. The monoisotopic (exact) mass is 329 g/mol. The number of methoxy groups -OCH3 is 1. The quantitative estimate of drug-likeness (QED) is 0.941. The summed E-state index contributed by atoms with van der Waals surface area (Å²) >= 11 is 4.81. The lowest BCUT2D eigenvalue weighted by Crippen LogP contribution is -2.35. The number of rotatable bonds is 3. The van der Waals surface area contributed by atoms with E-state index in [0.29, 0.717) is 11.7 Å². The van der Waals surface area contributed by atoms with Gasteiger partial charge in [-0.1, -0.05) is 11.3 Å². The number of halogens is 1. The van der Waals surface area contributed by atoms with Gasteiger partial charge in [-0.25, -0.2) is 9.78 Å². The first-order chi connectivity index (χ1) is 8.56. The number of carbonyl (C=O) groups excluding carboxylic acids is 1. The normalized spacial score (nSPS) is 10.6. The molecule has 2 rings (SSSR count). The predicted octanol–water partition coefficient (Wildman–Crippen LogP) is 2.97. The first kappa shape index (κ1) is 13.1. The van der Waals surface area contributed by atoms with Crippen LogP contribution in [0.1, 0.15) is 6.92 Å². The number of anilines is 1. The van der Waals surface area contributed by atoms with E-state index in [0.717, 1.165) is 20.4 Å². The van der Waals surface area contributed by atoms with E-state index >= 15 is 0 Å². The molecule has 96 valence electrons. The number of primary amides is 1. The van der Waals surface area contributed by atoms with Crippen LogP contribution in [0.5, 0.6) is 5.75 Å². The number of ether oxygens (including phenoxy) is 1. The summed E-state index contributed by atoms with van der Waals surface area (Å²) in [6, 6.07) is 3.25. The molecule has 0 saturated carbocycles. The minimum Gasteiger partial charge on any atom is -0.496 e. The van der Waals surface area contributed by atoms with Crippen LogP contribution in [0.3, 0.4) is 0 Å². The van der Waals surface area contributed by atoms with Crippen LogP contribution in [0.2, 0.25) is 0 Å². The van der Waals surface area contributed by atoms with Crippen molar-refractivity contribution >= 4 is 48.6 Å². The average molecular weight is 330 g/mol.